The molecule has 1 aromatic rings. The Morgan fingerprint density at radius 1 is 1.55 bits per heavy atom. The lowest BCUT2D eigenvalue weighted by Gasteiger charge is -2.17. The third-order valence-electron chi connectivity index (χ3n) is 2.36. The van der Waals surface area contributed by atoms with Crippen LogP contribution in [0.15, 0.2) is 23.4 Å². The number of hydrazone groups is 1. The topological polar surface area (TPSA) is 92.8 Å². The van der Waals surface area contributed by atoms with Gasteiger partial charge in [-0.2, -0.15) is 5.10 Å². The number of carbonyl (C=O) groups excluding carboxylic acids is 1. The summed E-state index contributed by atoms with van der Waals surface area (Å²) in [7, 11) is 0. The normalized spacial score (nSPS) is 10.3. The maximum absolute atomic E-state index is 11.7. The molecule has 0 spiro atoms. The molecule has 0 aromatic carbocycles. The van der Waals surface area contributed by atoms with Gasteiger partial charge in [0.15, 0.2) is 10.9 Å². The van der Waals surface area contributed by atoms with Crippen LogP contribution in [-0.2, 0) is 0 Å². The van der Waals surface area contributed by atoms with E-state index in [0.29, 0.717) is 24.5 Å². The molecule has 0 saturated carbocycles. The molecule has 8 heteroatoms. The van der Waals surface area contributed by atoms with E-state index in [1.54, 1.807) is 17.0 Å². The van der Waals surface area contributed by atoms with Crippen LogP contribution in [-0.4, -0.2) is 40.4 Å². The fourth-order valence-electron chi connectivity index (χ4n) is 1.34. The molecular weight excluding hydrogens is 278 g/mol. The van der Waals surface area contributed by atoms with Gasteiger partial charge in [-0.1, -0.05) is 0 Å². The van der Waals surface area contributed by atoms with Crippen molar-refractivity contribution < 1.29 is 9.53 Å². The summed E-state index contributed by atoms with van der Waals surface area (Å²) in [6, 6.07) is 3.30. The van der Waals surface area contributed by atoms with Crippen molar-refractivity contribution in [2.45, 2.75) is 13.8 Å². The fourth-order valence-corrected chi connectivity index (χ4v) is 1.39. The zero-order valence-electron chi connectivity index (χ0n) is 11.4. The van der Waals surface area contributed by atoms with Crippen molar-refractivity contribution in [3.63, 3.8) is 0 Å². The molecule has 1 amide bonds. The van der Waals surface area contributed by atoms with Crippen LogP contribution in [0.1, 0.15) is 19.5 Å². The van der Waals surface area contributed by atoms with Crippen LogP contribution in [0.2, 0.25) is 0 Å². The van der Waals surface area contributed by atoms with Crippen LogP contribution >= 0.6 is 12.2 Å². The average molecular weight is 295 g/mol. The van der Waals surface area contributed by atoms with E-state index in [1.807, 2.05) is 13.8 Å². The zero-order valence-corrected chi connectivity index (χ0v) is 12.2. The summed E-state index contributed by atoms with van der Waals surface area (Å²) in [6.07, 6.45) is 2.51. The first-order valence-electron chi connectivity index (χ1n) is 6.08. The minimum atomic E-state index is -0.395. The Morgan fingerprint density at radius 3 is 2.75 bits per heavy atom. The summed E-state index contributed by atoms with van der Waals surface area (Å²) < 4.78 is 5.18. The molecule has 0 aliphatic heterocycles. The van der Waals surface area contributed by atoms with E-state index in [1.165, 1.54) is 12.4 Å². The van der Waals surface area contributed by atoms with Crippen LogP contribution in [0.3, 0.4) is 0 Å². The molecule has 0 bridgehead atoms. The van der Waals surface area contributed by atoms with Gasteiger partial charge in [0.05, 0.1) is 18.1 Å². The Morgan fingerprint density at radius 2 is 2.25 bits per heavy atom. The van der Waals surface area contributed by atoms with Crippen molar-refractivity contribution in [1.29, 1.82) is 0 Å². The van der Waals surface area contributed by atoms with Gasteiger partial charge >= 0.3 is 6.09 Å². The Balaban J connectivity index is 2.60. The molecule has 0 saturated heterocycles. The van der Waals surface area contributed by atoms with E-state index in [0.717, 1.165) is 0 Å². The second-order valence-corrected chi connectivity index (χ2v) is 4.13. The SMILES string of the molecule is CCN(CC)C(=O)Oc1ccc(/C=N\NC(N)=S)nc1. The van der Waals surface area contributed by atoms with Crippen molar-refractivity contribution in [1.82, 2.24) is 15.3 Å². The number of amides is 1. The number of ether oxygens (including phenoxy) is 1. The Kier molecular flexibility index (Phi) is 6.38. The number of nitrogens with zero attached hydrogens (tertiary/aromatic N) is 3. The highest BCUT2D eigenvalue weighted by Crippen LogP contribution is 2.10. The molecule has 20 heavy (non-hydrogen) atoms. The Labute approximate surface area is 122 Å². The molecule has 1 rings (SSSR count). The van der Waals surface area contributed by atoms with Crippen molar-refractivity contribution in [2.75, 3.05) is 13.1 Å². The predicted molar refractivity (Wildman–Crippen MR) is 80.7 cm³/mol. The number of pyridine rings is 1. The minimum Gasteiger partial charge on any atom is -0.409 e. The van der Waals surface area contributed by atoms with E-state index in [-0.39, 0.29) is 5.11 Å². The van der Waals surface area contributed by atoms with Crippen LogP contribution in [0.4, 0.5) is 4.79 Å². The summed E-state index contributed by atoms with van der Waals surface area (Å²) >= 11 is 4.60. The third-order valence-corrected chi connectivity index (χ3v) is 2.45. The smallest absolute Gasteiger partial charge is 0.409 e. The molecule has 3 N–H and O–H groups in total. The minimum absolute atomic E-state index is 0.0750. The second-order valence-electron chi connectivity index (χ2n) is 3.69. The summed E-state index contributed by atoms with van der Waals surface area (Å²) in [5, 5.41) is 3.84. The van der Waals surface area contributed by atoms with E-state index in [2.05, 4.69) is 27.7 Å². The van der Waals surface area contributed by atoms with Gasteiger partial charge in [0.1, 0.15) is 0 Å². The standard InChI is InChI=1S/C12H17N5O2S/c1-3-17(4-2)12(18)19-10-6-5-9(14-8-10)7-15-16-11(13)20/h5-8H,3-4H2,1-2H3,(H3,13,16,20)/b15-7-. The van der Waals surface area contributed by atoms with Gasteiger partial charge in [0.25, 0.3) is 0 Å². The molecular formula is C12H17N5O2S. The van der Waals surface area contributed by atoms with Crippen LogP contribution in [0, 0.1) is 0 Å². The van der Waals surface area contributed by atoms with E-state index in [9.17, 15) is 4.79 Å². The van der Waals surface area contributed by atoms with Gasteiger partial charge in [-0.25, -0.2) is 4.79 Å². The Hall–Kier alpha value is -2.22. The molecule has 0 fully saturated rings. The Bertz CT molecular complexity index is 485. The number of nitrogens with one attached hydrogen (secondary N) is 1. The molecule has 1 heterocycles. The number of carbonyl (C=O) groups is 1. The third kappa shape index (κ3) is 5.19. The first kappa shape index (κ1) is 15.8. The zero-order chi connectivity index (χ0) is 15.0. The van der Waals surface area contributed by atoms with Crippen molar-refractivity contribution in [3.8, 4) is 5.75 Å². The number of nitrogens with two attached hydrogens (primary N) is 1. The van der Waals surface area contributed by atoms with Gasteiger partial charge in [0, 0.05) is 13.1 Å². The van der Waals surface area contributed by atoms with Crippen LogP contribution in [0.25, 0.3) is 0 Å². The molecule has 0 radical (unpaired) electrons. The van der Waals surface area contributed by atoms with Crippen molar-refractivity contribution >= 4 is 29.6 Å². The highest BCUT2D eigenvalue weighted by Gasteiger charge is 2.11. The number of hydrogen-bond acceptors (Lipinski definition) is 5. The van der Waals surface area contributed by atoms with E-state index in [4.69, 9.17) is 10.5 Å². The number of thiocarbonyl (C=S) groups is 1. The van der Waals surface area contributed by atoms with Gasteiger partial charge in [0.2, 0.25) is 0 Å². The summed E-state index contributed by atoms with van der Waals surface area (Å²) in [6.45, 7) is 4.96. The highest BCUT2D eigenvalue weighted by molar-refractivity contribution is 7.80. The van der Waals surface area contributed by atoms with Gasteiger partial charge in [-0.05, 0) is 38.2 Å². The molecule has 108 valence electrons. The number of aromatic nitrogens is 1. The molecule has 0 aliphatic carbocycles. The largest absolute Gasteiger partial charge is 0.415 e. The molecule has 0 atom stereocenters. The highest BCUT2D eigenvalue weighted by atomic mass is 32.1. The molecule has 7 nitrogen and oxygen atoms in total. The monoisotopic (exact) mass is 295 g/mol. The lowest BCUT2D eigenvalue weighted by Crippen LogP contribution is -2.33. The summed E-state index contributed by atoms with van der Waals surface area (Å²) in [5.74, 6) is 0.376. The summed E-state index contributed by atoms with van der Waals surface area (Å²) in [4.78, 5) is 17.4. The van der Waals surface area contributed by atoms with E-state index < -0.39 is 6.09 Å². The summed E-state index contributed by atoms with van der Waals surface area (Å²) in [5.41, 5.74) is 8.21. The number of rotatable bonds is 5. The molecule has 0 unspecified atom stereocenters. The second kappa shape index (κ2) is 8.05. The molecule has 1 aromatic heterocycles. The van der Waals surface area contributed by atoms with Crippen molar-refractivity contribution in [3.05, 3.63) is 24.0 Å². The fraction of sp³-hybridized carbons (Fsp3) is 0.333. The van der Waals surface area contributed by atoms with Gasteiger partial charge in [-0.3, -0.25) is 10.4 Å². The van der Waals surface area contributed by atoms with Gasteiger partial charge < -0.3 is 15.4 Å². The lowest BCUT2D eigenvalue weighted by molar-refractivity contribution is 0.157. The maximum Gasteiger partial charge on any atom is 0.415 e. The average Bonchev–Trinajstić information content (AvgIpc) is 2.42. The maximum atomic E-state index is 11.7. The first-order valence-corrected chi connectivity index (χ1v) is 6.49. The predicted octanol–water partition coefficient (Wildman–Crippen LogP) is 1.09. The van der Waals surface area contributed by atoms with E-state index >= 15 is 0 Å². The quantitative estimate of drug-likeness (QED) is 0.480. The van der Waals surface area contributed by atoms with Gasteiger partial charge in [-0.15, -0.1) is 0 Å². The number of hydrogen-bond donors (Lipinski definition) is 2. The van der Waals surface area contributed by atoms with Crippen LogP contribution in [0.5, 0.6) is 5.75 Å². The van der Waals surface area contributed by atoms with Crippen molar-refractivity contribution in [2.24, 2.45) is 10.8 Å². The van der Waals surface area contributed by atoms with Crippen LogP contribution < -0.4 is 15.9 Å². The lowest BCUT2D eigenvalue weighted by atomic mass is 10.3. The first-order chi connectivity index (χ1) is 9.56. The molecule has 0 aliphatic rings.